The number of hydrogen-bond acceptors (Lipinski definition) is 7. The molecule has 3 rings (SSSR count). The fourth-order valence-corrected chi connectivity index (χ4v) is 3.33. The Morgan fingerprint density at radius 2 is 2.25 bits per heavy atom. The van der Waals surface area contributed by atoms with Crippen molar-refractivity contribution < 1.29 is 13.9 Å². The summed E-state index contributed by atoms with van der Waals surface area (Å²) in [6, 6.07) is 3.73. The van der Waals surface area contributed by atoms with Crippen LogP contribution in [0.25, 0.3) is 10.2 Å². The molecule has 0 bridgehead atoms. The highest BCUT2D eigenvalue weighted by molar-refractivity contribution is 7.20. The summed E-state index contributed by atoms with van der Waals surface area (Å²) in [5.41, 5.74) is 0.839. The van der Waals surface area contributed by atoms with Gasteiger partial charge in [0.2, 0.25) is 0 Å². The van der Waals surface area contributed by atoms with E-state index < -0.39 is 0 Å². The summed E-state index contributed by atoms with van der Waals surface area (Å²) in [6.07, 6.45) is 3.12. The van der Waals surface area contributed by atoms with Crippen molar-refractivity contribution in [1.29, 1.82) is 0 Å². The fraction of sp³-hybridized carbons (Fsp3) is 0.353. The molecule has 0 spiro atoms. The van der Waals surface area contributed by atoms with Crippen molar-refractivity contribution in [2.75, 3.05) is 11.9 Å². The highest BCUT2D eigenvalue weighted by Crippen LogP contribution is 2.33. The molecule has 0 fully saturated rings. The molecule has 0 aromatic carbocycles. The third-order valence-corrected chi connectivity index (χ3v) is 4.65. The smallest absolute Gasteiger partial charge is 0.348 e. The average molecular weight is 345 g/mol. The van der Waals surface area contributed by atoms with Gasteiger partial charge in [-0.15, -0.1) is 11.3 Å². The van der Waals surface area contributed by atoms with E-state index in [0.717, 1.165) is 21.5 Å². The van der Waals surface area contributed by atoms with Crippen LogP contribution in [0.3, 0.4) is 0 Å². The van der Waals surface area contributed by atoms with E-state index in [9.17, 15) is 4.79 Å². The monoisotopic (exact) mass is 345 g/mol. The number of carbonyl (C=O) groups is 1. The second kappa shape index (κ2) is 7.00. The first-order valence-electron chi connectivity index (χ1n) is 7.73. The zero-order valence-corrected chi connectivity index (χ0v) is 14.6. The molecule has 7 heteroatoms. The standard InChI is InChI=1S/C17H19N3O3S/c1-10(2)8-23-17(21)14-11(3)13-15(19-9-20-16(13)24-14)18-7-12-5-4-6-22-12/h4-6,9-10H,7-8H2,1-3H3,(H,18,19,20). The van der Waals surface area contributed by atoms with Gasteiger partial charge in [0.1, 0.15) is 27.6 Å². The van der Waals surface area contributed by atoms with Gasteiger partial charge in [0.15, 0.2) is 0 Å². The molecular formula is C17H19N3O3S. The Balaban J connectivity index is 1.87. The lowest BCUT2D eigenvalue weighted by Gasteiger charge is -2.07. The number of anilines is 1. The van der Waals surface area contributed by atoms with Crippen LogP contribution in [-0.2, 0) is 11.3 Å². The summed E-state index contributed by atoms with van der Waals surface area (Å²) in [5, 5.41) is 4.10. The quantitative estimate of drug-likeness (QED) is 0.680. The molecule has 0 radical (unpaired) electrons. The third kappa shape index (κ3) is 3.41. The van der Waals surface area contributed by atoms with Crippen molar-refractivity contribution >= 4 is 33.3 Å². The maximum atomic E-state index is 12.3. The zero-order chi connectivity index (χ0) is 17.1. The minimum atomic E-state index is -0.304. The summed E-state index contributed by atoms with van der Waals surface area (Å²) in [5.74, 6) is 1.49. The fourth-order valence-electron chi connectivity index (χ4n) is 2.29. The molecule has 1 N–H and O–H groups in total. The van der Waals surface area contributed by atoms with Gasteiger partial charge in [-0.25, -0.2) is 14.8 Å². The molecule has 0 amide bonds. The molecule has 3 aromatic rings. The minimum Gasteiger partial charge on any atom is -0.467 e. The predicted octanol–water partition coefficient (Wildman–Crippen LogP) is 4.02. The van der Waals surface area contributed by atoms with E-state index in [1.54, 1.807) is 6.26 Å². The summed E-state index contributed by atoms with van der Waals surface area (Å²) in [7, 11) is 0. The first-order chi connectivity index (χ1) is 11.6. The second-order valence-electron chi connectivity index (χ2n) is 5.88. The number of ether oxygens (including phenoxy) is 1. The number of thiophene rings is 1. The van der Waals surface area contributed by atoms with Crippen LogP contribution in [0.1, 0.15) is 34.8 Å². The Kier molecular flexibility index (Phi) is 4.80. The zero-order valence-electron chi connectivity index (χ0n) is 13.8. The Morgan fingerprint density at radius 3 is 2.96 bits per heavy atom. The maximum Gasteiger partial charge on any atom is 0.348 e. The molecule has 6 nitrogen and oxygen atoms in total. The second-order valence-corrected chi connectivity index (χ2v) is 6.88. The lowest BCUT2D eigenvalue weighted by atomic mass is 10.2. The van der Waals surface area contributed by atoms with Gasteiger partial charge in [-0.3, -0.25) is 0 Å². The van der Waals surface area contributed by atoms with Gasteiger partial charge in [-0.05, 0) is 30.5 Å². The van der Waals surface area contributed by atoms with Gasteiger partial charge in [-0.2, -0.15) is 0 Å². The highest BCUT2D eigenvalue weighted by Gasteiger charge is 2.20. The van der Waals surface area contributed by atoms with E-state index in [2.05, 4.69) is 15.3 Å². The van der Waals surface area contributed by atoms with E-state index in [0.29, 0.717) is 29.8 Å². The SMILES string of the molecule is Cc1c(C(=O)OCC(C)C)sc2ncnc(NCc3ccco3)c12. The maximum absolute atomic E-state index is 12.3. The molecule has 126 valence electrons. The van der Waals surface area contributed by atoms with Crippen LogP contribution in [0.2, 0.25) is 0 Å². The van der Waals surface area contributed by atoms with Crippen molar-refractivity contribution in [3.8, 4) is 0 Å². The van der Waals surface area contributed by atoms with E-state index in [1.165, 1.54) is 17.7 Å². The summed E-state index contributed by atoms with van der Waals surface area (Å²) in [6.45, 7) is 6.83. The average Bonchev–Trinajstić information content (AvgIpc) is 3.19. The van der Waals surface area contributed by atoms with Crippen LogP contribution in [0.4, 0.5) is 5.82 Å². The molecule has 0 unspecified atom stereocenters. The number of nitrogens with zero attached hydrogens (tertiary/aromatic N) is 2. The van der Waals surface area contributed by atoms with Crippen LogP contribution >= 0.6 is 11.3 Å². The summed E-state index contributed by atoms with van der Waals surface area (Å²) in [4.78, 5) is 22.2. The number of aryl methyl sites for hydroxylation is 1. The van der Waals surface area contributed by atoms with Gasteiger partial charge >= 0.3 is 5.97 Å². The van der Waals surface area contributed by atoms with E-state index in [-0.39, 0.29) is 5.97 Å². The molecule has 0 aliphatic carbocycles. The highest BCUT2D eigenvalue weighted by atomic mass is 32.1. The van der Waals surface area contributed by atoms with E-state index in [4.69, 9.17) is 9.15 Å². The van der Waals surface area contributed by atoms with Gasteiger partial charge < -0.3 is 14.5 Å². The Morgan fingerprint density at radius 1 is 1.42 bits per heavy atom. The minimum absolute atomic E-state index is 0.300. The molecule has 0 aliphatic rings. The summed E-state index contributed by atoms with van der Waals surface area (Å²) >= 11 is 1.33. The van der Waals surface area contributed by atoms with Crippen molar-refractivity contribution in [3.63, 3.8) is 0 Å². The largest absolute Gasteiger partial charge is 0.467 e. The van der Waals surface area contributed by atoms with Crippen molar-refractivity contribution in [1.82, 2.24) is 9.97 Å². The summed E-state index contributed by atoms with van der Waals surface area (Å²) < 4.78 is 10.7. The topological polar surface area (TPSA) is 77.2 Å². The number of esters is 1. The van der Waals surface area contributed by atoms with E-state index >= 15 is 0 Å². The van der Waals surface area contributed by atoms with Crippen molar-refractivity contribution in [2.24, 2.45) is 5.92 Å². The Hall–Kier alpha value is -2.41. The number of nitrogens with one attached hydrogen (secondary N) is 1. The van der Waals surface area contributed by atoms with Gasteiger partial charge in [0.25, 0.3) is 0 Å². The Labute approximate surface area is 143 Å². The van der Waals surface area contributed by atoms with Crippen molar-refractivity contribution in [2.45, 2.75) is 27.3 Å². The van der Waals surface area contributed by atoms with Gasteiger partial charge in [-0.1, -0.05) is 13.8 Å². The lowest BCUT2D eigenvalue weighted by Crippen LogP contribution is -2.09. The van der Waals surface area contributed by atoms with Crippen LogP contribution < -0.4 is 5.32 Å². The van der Waals surface area contributed by atoms with Crippen LogP contribution in [0, 0.1) is 12.8 Å². The normalized spacial score (nSPS) is 11.2. The molecular weight excluding hydrogens is 326 g/mol. The molecule has 24 heavy (non-hydrogen) atoms. The number of rotatable bonds is 6. The molecule has 0 atom stereocenters. The molecule has 3 aromatic heterocycles. The first-order valence-corrected chi connectivity index (χ1v) is 8.55. The van der Waals surface area contributed by atoms with E-state index in [1.807, 2.05) is 32.9 Å². The van der Waals surface area contributed by atoms with Crippen molar-refractivity contribution in [3.05, 3.63) is 40.9 Å². The number of aromatic nitrogens is 2. The molecule has 0 aliphatic heterocycles. The Bertz CT molecular complexity index is 840. The van der Waals surface area contributed by atoms with Crippen LogP contribution in [0.15, 0.2) is 29.1 Å². The molecule has 0 saturated heterocycles. The lowest BCUT2D eigenvalue weighted by molar-refractivity contribution is 0.0464. The predicted molar refractivity (Wildman–Crippen MR) is 93.3 cm³/mol. The van der Waals surface area contributed by atoms with Crippen LogP contribution in [0.5, 0.6) is 0 Å². The first kappa shape index (κ1) is 16.4. The number of carbonyl (C=O) groups excluding carboxylic acids is 1. The third-order valence-electron chi connectivity index (χ3n) is 3.47. The molecule has 0 saturated carbocycles. The molecule has 3 heterocycles. The number of furan rings is 1. The van der Waals surface area contributed by atoms with Crippen LogP contribution in [-0.4, -0.2) is 22.5 Å². The van der Waals surface area contributed by atoms with Gasteiger partial charge in [0.05, 0.1) is 24.8 Å². The number of hydrogen-bond donors (Lipinski definition) is 1. The van der Waals surface area contributed by atoms with Gasteiger partial charge in [0, 0.05) is 0 Å². The number of fused-ring (bicyclic) bond motifs is 1.